The Balaban J connectivity index is 2.15. The van der Waals surface area contributed by atoms with Gasteiger partial charge in [-0.25, -0.2) is 4.79 Å². The summed E-state index contributed by atoms with van der Waals surface area (Å²) in [5.74, 6) is 0.313. The lowest BCUT2D eigenvalue weighted by Gasteiger charge is -2.14. The van der Waals surface area contributed by atoms with Crippen molar-refractivity contribution >= 4 is 17.4 Å². The van der Waals surface area contributed by atoms with Crippen molar-refractivity contribution < 1.29 is 4.79 Å². The summed E-state index contributed by atoms with van der Waals surface area (Å²) in [6.07, 6.45) is 0. The molecular formula is C17H17N3O. The molecule has 0 bridgehead atoms. The standard InChI is InChI=1S/C17H17N3O/c1-12(2)14-8-4-6-10-16(14)20-17(21)19-15-9-5-3-7-13(15)11-18/h3-10,12H,1-2H3,(H2,19,20,21). The van der Waals surface area contributed by atoms with E-state index >= 15 is 0 Å². The van der Waals surface area contributed by atoms with Gasteiger partial charge in [-0.05, 0) is 29.7 Å². The van der Waals surface area contributed by atoms with E-state index in [4.69, 9.17) is 5.26 Å². The average molecular weight is 279 g/mol. The molecule has 0 radical (unpaired) electrons. The molecule has 4 nitrogen and oxygen atoms in total. The molecule has 2 rings (SSSR count). The van der Waals surface area contributed by atoms with Gasteiger partial charge < -0.3 is 10.6 Å². The van der Waals surface area contributed by atoms with Gasteiger partial charge in [-0.1, -0.05) is 44.2 Å². The number of nitriles is 1. The third-order valence-electron chi connectivity index (χ3n) is 3.13. The highest BCUT2D eigenvalue weighted by molar-refractivity contribution is 6.01. The molecule has 2 amide bonds. The molecule has 0 saturated carbocycles. The second-order valence-corrected chi connectivity index (χ2v) is 4.98. The van der Waals surface area contributed by atoms with Crippen LogP contribution in [0.4, 0.5) is 16.2 Å². The van der Waals surface area contributed by atoms with Crippen molar-refractivity contribution in [2.24, 2.45) is 0 Å². The smallest absolute Gasteiger partial charge is 0.307 e. The Labute approximate surface area is 124 Å². The fourth-order valence-electron chi connectivity index (χ4n) is 2.08. The molecule has 0 aliphatic heterocycles. The maximum atomic E-state index is 12.1. The third-order valence-corrected chi connectivity index (χ3v) is 3.13. The van der Waals surface area contributed by atoms with Crippen LogP contribution < -0.4 is 10.6 Å². The minimum Gasteiger partial charge on any atom is -0.307 e. The van der Waals surface area contributed by atoms with E-state index in [2.05, 4.69) is 30.6 Å². The number of para-hydroxylation sites is 2. The van der Waals surface area contributed by atoms with Gasteiger partial charge in [-0.3, -0.25) is 0 Å². The van der Waals surface area contributed by atoms with Gasteiger partial charge in [-0.2, -0.15) is 5.26 Å². The van der Waals surface area contributed by atoms with E-state index in [1.807, 2.05) is 24.3 Å². The van der Waals surface area contributed by atoms with Crippen LogP contribution >= 0.6 is 0 Å². The molecule has 0 saturated heterocycles. The monoisotopic (exact) mass is 279 g/mol. The minimum atomic E-state index is -0.356. The lowest BCUT2D eigenvalue weighted by atomic mass is 10.0. The highest BCUT2D eigenvalue weighted by atomic mass is 16.2. The second kappa shape index (κ2) is 6.58. The molecule has 0 atom stereocenters. The first-order chi connectivity index (χ1) is 10.1. The Hall–Kier alpha value is -2.80. The first-order valence-corrected chi connectivity index (χ1v) is 6.78. The van der Waals surface area contributed by atoms with E-state index in [0.29, 0.717) is 17.2 Å². The van der Waals surface area contributed by atoms with E-state index in [1.54, 1.807) is 24.3 Å². The van der Waals surface area contributed by atoms with Crippen LogP contribution in [0, 0.1) is 11.3 Å². The molecule has 0 heterocycles. The van der Waals surface area contributed by atoms with Crippen LogP contribution in [0.1, 0.15) is 30.9 Å². The van der Waals surface area contributed by atoms with Crippen LogP contribution in [0.25, 0.3) is 0 Å². The fraction of sp³-hybridized carbons (Fsp3) is 0.176. The third kappa shape index (κ3) is 3.61. The lowest BCUT2D eigenvalue weighted by molar-refractivity contribution is 0.262. The molecule has 0 aromatic heterocycles. The summed E-state index contributed by atoms with van der Waals surface area (Å²) in [5, 5.41) is 14.6. The molecule has 2 N–H and O–H groups in total. The summed E-state index contributed by atoms with van der Waals surface area (Å²) < 4.78 is 0. The van der Waals surface area contributed by atoms with Crippen molar-refractivity contribution in [1.29, 1.82) is 5.26 Å². The normalized spacial score (nSPS) is 10.0. The summed E-state index contributed by atoms with van der Waals surface area (Å²) in [5.41, 5.74) is 2.78. The summed E-state index contributed by atoms with van der Waals surface area (Å²) >= 11 is 0. The summed E-state index contributed by atoms with van der Waals surface area (Å²) in [6.45, 7) is 4.15. The number of carbonyl (C=O) groups excluding carboxylic acids is 1. The molecule has 0 spiro atoms. The number of amides is 2. The number of anilines is 2. The summed E-state index contributed by atoms with van der Waals surface area (Å²) in [7, 11) is 0. The van der Waals surface area contributed by atoms with Crippen LogP contribution in [-0.2, 0) is 0 Å². The zero-order chi connectivity index (χ0) is 15.2. The van der Waals surface area contributed by atoms with Crippen LogP contribution in [0.5, 0.6) is 0 Å². The highest BCUT2D eigenvalue weighted by Gasteiger charge is 2.10. The van der Waals surface area contributed by atoms with Gasteiger partial charge in [0.2, 0.25) is 0 Å². The lowest BCUT2D eigenvalue weighted by Crippen LogP contribution is -2.21. The molecule has 4 heteroatoms. The van der Waals surface area contributed by atoms with Gasteiger partial charge in [0.05, 0.1) is 11.3 Å². The van der Waals surface area contributed by atoms with Crippen molar-refractivity contribution in [2.75, 3.05) is 10.6 Å². The first kappa shape index (κ1) is 14.6. The van der Waals surface area contributed by atoms with Crippen molar-refractivity contribution in [3.8, 4) is 6.07 Å². The number of nitrogens with one attached hydrogen (secondary N) is 2. The van der Waals surface area contributed by atoms with Crippen LogP contribution in [0.3, 0.4) is 0 Å². The number of hydrogen-bond acceptors (Lipinski definition) is 2. The van der Waals surface area contributed by atoms with Gasteiger partial charge in [0, 0.05) is 5.69 Å². The number of rotatable bonds is 3. The number of benzene rings is 2. The van der Waals surface area contributed by atoms with E-state index in [9.17, 15) is 4.79 Å². The summed E-state index contributed by atoms with van der Waals surface area (Å²) in [6, 6.07) is 16.3. The minimum absolute atomic E-state index is 0.313. The maximum Gasteiger partial charge on any atom is 0.323 e. The second-order valence-electron chi connectivity index (χ2n) is 4.98. The predicted molar refractivity (Wildman–Crippen MR) is 84.3 cm³/mol. The predicted octanol–water partition coefficient (Wildman–Crippen LogP) is 4.33. The van der Waals surface area contributed by atoms with E-state index in [1.165, 1.54) is 0 Å². The average Bonchev–Trinajstić information content (AvgIpc) is 2.48. The van der Waals surface area contributed by atoms with Crippen LogP contribution in [0.15, 0.2) is 48.5 Å². The largest absolute Gasteiger partial charge is 0.323 e. The Kier molecular flexibility index (Phi) is 4.57. The van der Waals surface area contributed by atoms with Gasteiger partial charge in [0.1, 0.15) is 6.07 Å². The summed E-state index contributed by atoms with van der Waals surface area (Å²) in [4.78, 5) is 12.1. The van der Waals surface area contributed by atoms with Gasteiger partial charge in [-0.15, -0.1) is 0 Å². The number of urea groups is 1. The van der Waals surface area contributed by atoms with Crippen molar-refractivity contribution in [3.05, 3.63) is 59.7 Å². The van der Waals surface area contributed by atoms with Gasteiger partial charge >= 0.3 is 6.03 Å². The van der Waals surface area contributed by atoms with E-state index < -0.39 is 0 Å². The van der Waals surface area contributed by atoms with Crippen LogP contribution in [-0.4, -0.2) is 6.03 Å². The first-order valence-electron chi connectivity index (χ1n) is 6.78. The quantitative estimate of drug-likeness (QED) is 0.878. The van der Waals surface area contributed by atoms with E-state index in [-0.39, 0.29) is 6.03 Å². The molecule has 0 aliphatic carbocycles. The SMILES string of the molecule is CC(C)c1ccccc1NC(=O)Nc1ccccc1C#N. The van der Waals surface area contributed by atoms with E-state index in [0.717, 1.165) is 11.3 Å². The molecule has 0 unspecified atom stereocenters. The van der Waals surface area contributed by atoms with Gasteiger partial charge in [0.25, 0.3) is 0 Å². The van der Waals surface area contributed by atoms with Crippen molar-refractivity contribution in [3.63, 3.8) is 0 Å². The molecule has 0 aliphatic rings. The highest BCUT2D eigenvalue weighted by Crippen LogP contribution is 2.24. The maximum absolute atomic E-state index is 12.1. The molecule has 2 aromatic rings. The Morgan fingerprint density at radius 2 is 1.57 bits per heavy atom. The van der Waals surface area contributed by atoms with Crippen LogP contribution in [0.2, 0.25) is 0 Å². The molecular weight excluding hydrogens is 262 g/mol. The van der Waals surface area contributed by atoms with Crippen molar-refractivity contribution in [2.45, 2.75) is 19.8 Å². The Morgan fingerprint density at radius 1 is 1.00 bits per heavy atom. The topological polar surface area (TPSA) is 64.9 Å². The molecule has 21 heavy (non-hydrogen) atoms. The van der Waals surface area contributed by atoms with Gasteiger partial charge in [0.15, 0.2) is 0 Å². The Bertz CT molecular complexity index is 686. The number of nitrogens with zero attached hydrogens (tertiary/aromatic N) is 1. The molecule has 106 valence electrons. The number of hydrogen-bond donors (Lipinski definition) is 2. The fourth-order valence-corrected chi connectivity index (χ4v) is 2.08. The van der Waals surface area contributed by atoms with Crippen molar-refractivity contribution in [1.82, 2.24) is 0 Å². The zero-order valence-electron chi connectivity index (χ0n) is 12.1. The zero-order valence-corrected chi connectivity index (χ0v) is 12.1. The Morgan fingerprint density at radius 3 is 2.24 bits per heavy atom. The number of carbonyl (C=O) groups is 1. The molecule has 2 aromatic carbocycles. The molecule has 0 fully saturated rings.